The summed E-state index contributed by atoms with van der Waals surface area (Å²) in [4.78, 5) is 0. The van der Waals surface area contributed by atoms with Crippen molar-refractivity contribution >= 4 is 0 Å². The minimum Gasteiger partial charge on any atom is -0.330 e. The van der Waals surface area contributed by atoms with Crippen LogP contribution in [0.2, 0.25) is 0 Å². The van der Waals surface area contributed by atoms with E-state index in [0.717, 1.165) is 26.1 Å². The fraction of sp³-hybridized carbons (Fsp3) is 1.00. The second kappa shape index (κ2) is 6.44. The maximum Gasteiger partial charge on any atom is 0.000299 e. The lowest BCUT2D eigenvalue weighted by Gasteiger charge is -2.24. The van der Waals surface area contributed by atoms with Crippen molar-refractivity contribution in [1.29, 1.82) is 0 Å². The molecule has 0 aliphatic heterocycles. The van der Waals surface area contributed by atoms with Gasteiger partial charge < -0.3 is 11.1 Å². The first-order valence-electron chi connectivity index (χ1n) is 5.03. The second-order valence-electron chi connectivity index (χ2n) is 4.23. The lowest BCUT2D eigenvalue weighted by molar-refractivity contribution is 0.319. The van der Waals surface area contributed by atoms with Crippen molar-refractivity contribution in [3.8, 4) is 0 Å². The van der Waals surface area contributed by atoms with Crippen LogP contribution in [0.5, 0.6) is 0 Å². The molecule has 0 fully saturated rings. The molecule has 0 spiro atoms. The molecule has 3 N–H and O–H groups in total. The van der Waals surface area contributed by atoms with E-state index in [1.165, 1.54) is 12.8 Å². The van der Waals surface area contributed by atoms with Gasteiger partial charge in [0.2, 0.25) is 0 Å². The largest absolute Gasteiger partial charge is 0.330 e. The number of hydrogen-bond donors (Lipinski definition) is 2. The molecule has 0 atom stereocenters. The molecule has 74 valence electrons. The van der Waals surface area contributed by atoms with Gasteiger partial charge in [-0.05, 0) is 31.3 Å². The van der Waals surface area contributed by atoms with Crippen molar-refractivity contribution in [2.75, 3.05) is 19.6 Å². The minimum absolute atomic E-state index is 0.364. The van der Waals surface area contributed by atoms with Crippen LogP contribution in [0, 0.1) is 5.41 Å². The third-order valence-electron chi connectivity index (χ3n) is 2.13. The van der Waals surface area contributed by atoms with Gasteiger partial charge in [0.25, 0.3) is 0 Å². The number of unbranched alkanes of at least 4 members (excludes halogenated alkanes) is 1. The topological polar surface area (TPSA) is 38.0 Å². The SMILES string of the molecule is CCCCNCC(C)(C)CCN. The second-order valence-corrected chi connectivity index (χ2v) is 4.23. The van der Waals surface area contributed by atoms with E-state index >= 15 is 0 Å². The molecule has 0 unspecified atom stereocenters. The molecule has 0 rings (SSSR count). The van der Waals surface area contributed by atoms with Crippen LogP contribution in [0.25, 0.3) is 0 Å². The predicted octanol–water partition coefficient (Wildman–Crippen LogP) is 1.75. The molecule has 0 aliphatic carbocycles. The zero-order chi connectivity index (χ0) is 9.45. The van der Waals surface area contributed by atoms with Gasteiger partial charge in [-0.3, -0.25) is 0 Å². The summed E-state index contributed by atoms with van der Waals surface area (Å²) in [6.07, 6.45) is 3.65. The van der Waals surface area contributed by atoms with Gasteiger partial charge >= 0.3 is 0 Å². The Kier molecular flexibility index (Phi) is 6.39. The van der Waals surface area contributed by atoms with E-state index < -0.39 is 0 Å². The summed E-state index contributed by atoms with van der Waals surface area (Å²) in [6, 6.07) is 0. The lowest BCUT2D eigenvalue weighted by Crippen LogP contribution is -2.31. The zero-order valence-corrected chi connectivity index (χ0v) is 8.82. The Bertz CT molecular complexity index is 100. The van der Waals surface area contributed by atoms with Gasteiger partial charge in [-0.25, -0.2) is 0 Å². The minimum atomic E-state index is 0.364. The van der Waals surface area contributed by atoms with E-state index in [4.69, 9.17) is 5.73 Å². The van der Waals surface area contributed by atoms with E-state index in [1.54, 1.807) is 0 Å². The molecule has 0 heterocycles. The normalized spacial score (nSPS) is 12.0. The van der Waals surface area contributed by atoms with Gasteiger partial charge in [-0.2, -0.15) is 0 Å². The fourth-order valence-electron chi connectivity index (χ4n) is 1.21. The molecular weight excluding hydrogens is 148 g/mol. The zero-order valence-electron chi connectivity index (χ0n) is 8.82. The summed E-state index contributed by atoms with van der Waals surface area (Å²) >= 11 is 0. The molecule has 12 heavy (non-hydrogen) atoms. The highest BCUT2D eigenvalue weighted by atomic mass is 14.9. The van der Waals surface area contributed by atoms with E-state index in [9.17, 15) is 0 Å². The van der Waals surface area contributed by atoms with Crippen LogP contribution in [0.1, 0.15) is 40.0 Å². The molecule has 0 amide bonds. The van der Waals surface area contributed by atoms with Gasteiger partial charge in [0.1, 0.15) is 0 Å². The van der Waals surface area contributed by atoms with E-state index in [1.807, 2.05) is 0 Å². The Morgan fingerprint density at radius 2 is 2.00 bits per heavy atom. The van der Waals surface area contributed by atoms with Crippen LogP contribution in [0.4, 0.5) is 0 Å². The molecule has 2 heteroatoms. The van der Waals surface area contributed by atoms with Gasteiger partial charge in [0.05, 0.1) is 0 Å². The third kappa shape index (κ3) is 6.62. The quantitative estimate of drug-likeness (QED) is 0.574. The first-order chi connectivity index (χ1) is 5.62. The molecule has 0 bridgehead atoms. The highest BCUT2D eigenvalue weighted by Crippen LogP contribution is 2.17. The van der Waals surface area contributed by atoms with Gasteiger partial charge in [0.15, 0.2) is 0 Å². The summed E-state index contributed by atoms with van der Waals surface area (Å²) in [6.45, 7) is 9.77. The maximum atomic E-state index is 5.52. The van der Waals surface area contributed by atoms with Gasteiger partial charge in [-0.15, -0.1) is 0 Å². The average molecular weight is 172 g/mol. The Morgan fingerprint density at radius 3 is 2.50 bits per heavy atom. The van der Waals surface area contributed by atoms with Crippen LogP contribution in [-0.2, 0) is 0 Å². The van der Waals surface area contributed by atoms with Crippen LogP contribution in [0.3, 0.4) is 0 Å². The number of rotatable bonds is 7. The first-order valence-corrected chi connectivity index (χ1v) is 5.03. The Labute approximate surface area is 76.9 Å². The third-order valence-corrected chi connectivity index (χ3v) is 2.13. The highest BCUT2D eigenvalue weighted by molar-refractivity contribution is 4.71. The monoisotopic (exact) mass is 172 g/mol. The van der Waals surface area contributed by atoms with Crippen molar-refractivity contribution in [2.45, 2.75) is 40.0 Å². The molecule has 0 aromatic heterocycles. The fourth-order valence-corrected chi connectivity index (χ4v) is 1.21. The molecule has 0 radical (unpaired) electrons. The smallest absolute Gasteiger partial charge is 0.000299 e. The molecule has 0 aromatic rings. The number of nitrogens with one attached hydrogen (secondary N) is 1. The van der Waals surface area contributed by atoms with E-state index in [-0.39, 0.29) is 0 Å². The summed E-state index contributed by atoms with van der Waals surface area (Å²) in [5, 5.41) is 3.46. The lowest BCUT2D eigenvalue weighted by atomic mass is 9.89. The van der Waals surface area contributed by atoms with E-state index in [0.29, 0.717) is 5.41 Å². The predicted molar refractivity (Wildman–Crippen MR) is 55.2 cm³/mol. The summed E-state index contributed by atoms with van der Waals surface area (Å²) in [5.41, 5.74) is 5.88. The van der Waals surface area contributed by atoms with Gasteiger partial charge in [0, 0.05) is 6.54 Å². The molecule has 0 saturated carbocycles. The maximum absolute atomic E-state index is 5.52. The van der Waals surface area contributed by atoms with Crippen LogP contribution in [-0.4, -0.2) is 19.6 Å². The van der Waals surface area contributed by atoms with Crippen molar-refractivity contribution in [3.63, 3.8) is 0 Å². The summed E-state index contributed by atoms with van der Waals surface area (Å²) in [5.74, 6) is 0. The highest BCUT2D eigenvalue weighted by Gasteiger charge is 2.15. The van der Waals surface area contributed by atoms with Crippen LogP contribution < -0.4 is 11.1 Å². The van der Waals surface area contributed by atoms with E-state index in [2.05, 4.69) is 26.1 Å². The van der Waals surface area contributed by atoms with Crippen LogP contribution >= 0.6 is 0 Å². The van der Waals surface area contributed by atoms with Crippen molar-refractivity contribution < 1.29 is 0 Å². The van der Waals surface area contributed by atoms with Crippen LogP contribution in [0.15, 0.2) is 0 Å². The average Bonchev–Trinajstić information content (AvgIpc) is 1.98. The van der Waals surface area contributed by atoms with Gasteiger partial charge in [-0.1, -0.05) is 27.2 Å². The Balaban J connectivity index is 3.33. The first kappa shape index (κ1) is 11.9. The Morgan fingerprint density at radius 1 is 1.33 bits per heavy atom. The summed E-state index contributed by atoms with van der Waals surface area (Å²) in [7, 11) is 0. The summed E-state index contributed by atoms with van der Waals surface area (Å²) < 4.78 is 0. The van der Waals surface area contributed by atoms with Crippen molar-refractivity contribution in [2.24, 2.45) is 11.1 Å². The molecular formula is C10H24N2. The molecule has 0 aliphatic rings. The Hall–Kier alpha value is -0.0800. The molecule has 0 saturated heterocycles. The number of hydrogen-bond acceptors (Lipinski definition) is 2. The molecule has 0 aromatic carbocycles. The number of nitrogens with two attached hydrogens (primary N) is 1. The van der Waals surface area contributed by atoms with Crippen molar-refractivity contribution in [1.82, 2.24) is 5.32 Å². The van der Waals surface area contributed by atoms with Crippen molar-refractivity contribution in [3.05, 3.63) is 0 Å². The standard InChI is InChI=1S/C10H24N2/c1-4-5-8-12-9-10(2,3)6-7-11/h12H,4-9,11H2,1-3H3. The molecule has 2 nitrogen and oxygen atoms in total.